The molecule has 0 bridgehead atoms. The summed E-state index contributed by atoms with van der Waals surface area (Å²) in [6.07, 6.45) is 0. The van der Waals surface area contributed by atoms with E-state index in [4.69, 9.17) is 11.6 Å². The van der Waals surface area contributed by atoms with E-state index in [2.05, 4.69) is 15.6 Å². The molecule has 0 fully saturated rings. The Bertz CT molecular complexity index is 1180. The predicted molar refractivity (Wildman–Crippen MR) is 120 cm³/mol. The van der Waals surface area contributed by atoms with Gasteiger partial charge in [-0.15, -0.1) is 0 Å². The van der Waals surface area contributed by atoms with E-state index < -0.39 is 17.2 Å². The van der Waals surface area contributed by atoms with Crippen LogP contribution >= 0.6 is 23.4 Å². The van der Waals surface area contributed by atoms with E-state index in [9.17, 15) is 14.4 Å². The van der Waals surface area contributed by atoms with E-state index in [1.807, 2.05) is 6.92 Å². The van der Waals surface area contributed by atoms with Crippen LogP contribution in [-0.2, 0) is 4.79 Å². The van der Waals surface area contributed by atoms with Gasteiger partial charge in [-0.2, -0.15) is 0 Å². The number of nitrogens with zero attached hydrogens (tertiary/aromatic N) is 2. The molecule has 1 heterocycles. The summed E-state index contributed by atoms with van der Waals surface area (Å²) in [6.45, 7) is 5.63. The molecule has 7 nitrogen and oxygen atoms in total. The van der Waals surface area contributed by atoms with Crippen molar-refractivity contribution < 1.29 is 9.59 Å². The van der Waals surface area contributed by atoms with E-state index in [1.54, 1.807) is 56.3 Å². The summed E-state index contributed by atoms with van der Waals surface area (Å²) in [5, 5.41) is 5.44. The lowest BCUT2D eigenvalue weighted by Gasteiger charge is -2.18. The largest absolute Gasteiger partial charge is 0.338 e. The van der Waals surface area contributed by atoms with Crippen molar-refractivity contribution >= 4 is 46.2 Å². The molecule has 30 heavy (non-hydrogen) atoms. The van der Waals surface area contributed by atoms with E-state index >= 15 is 0 Å². The Balaban J connectivity index is 2.09. The number of para-hydroxylation sites is 1. The number of carbonyl (C=O) groups excluding carboxylic acids is 2. The third kappa shape index (κ3) is 4.49. The van der Waals surface area contributed by atoms with Crippen LogP contribution in [0.25, 0.3) is 16.6 Å². The second-order valence-electron chi connectivity index (χ2n) is 6.54. The molecule has 3 amide bonds. The second-order valence-corrected chi connectivity index (χ2v) is 8.26. The third-order valence-electron chi connectivity index (χ3n) is 4.45. The van der Waals surface area contributed by atoms with Gasteiger partial charge in [-0.25, -0.2) is 9.78 Å². The van der Waals surface area contributed by atoms with E-state index in [1.165, 1.54) is 4.57 Å². The highest BCUT2D eigenvalue weighted by Gasteiger charge is 2.22. The SMILES string of the molecule is CCNC(=O)NC(=O)C(C)Sc1nc2ccccc2c(=O)n1-c1cccc(Cl)c1C. The first-order chi connectivity index (χ1) is 14.3. The van der Waals surface area contributed by atoms with Gasteiger partial charge in [0.15, 0.2) is 5.16 Å². The first-order valence-electron chi connectivity index (χ1n) is 9.36. The Kier molecular flexibility index (Phi) is 6.79. The van der Waals surface area contributed by atoms with E-state index in [0.29, 0.717) is 33.3 Å². The van der Waals surface area contributed by atoms with Gasteiger partial charge in [-0.3, -0.25) is 19.5 Å². The van der Waals surface area contributed by atoms with Crippen LogP contribution in [0.4, 0.5) is 4.79 Å². The number of urea groups is 1. The number of hydrogen-bond donors (Lipinski definition) is 2. The minimum Gasteiger partial charge on any atom is -0.338 e. The molecule has 1 unspecified atom stereocenters. The van der Waals surface area contributed by atoms with Crippen molar-refractivity contribution in [2.45, 2.75) is 31.2 Å². The van der Waals surface area contributed by atoms with Crippen LogP contribution in [0.1, 0.15) is 19.4 Å². The lowest BCUT2D eigenvalue weighted by Crippen LogP contribution is -2.42. The molecular formula is C21H21ClN4O3S. The molecule has 0 saturated carbocycles. The smallest absolute Gasteiger partial charge is 0.321 e. The highest BCUT2D eigenvalue weighted by molar-refractivity contribution is 8.00. The Morgan fingerprint density at radius 1 is 1.20 bits per heavy atom. The van der Waals surface area contributed by atoms with Crippen molar-refractivity contribution in [3.8, 4) is 5.69 Å². The number of carbonyl (C=O) groups is 2. The number of hydrogen-bond acceptors (Lipinski definition) is 5. The first kappa shape index (κ1) is 21.9. The fourth-order valence-corrected chi connectivity index (χ4v) is 3.96. The van der Waals surface area contributed by atoms with Gasteiger partial charge in [0, 0.05) is 11.6 Å². The second kappa shape index (κ2) is 9.32. The third-order valence-corrected chi connectivity index (χ3v) is 5.91. The molecule has 2 N–H and O–H groups in total. The van der Waals surface area contributed by atoms with Gasteiger partial charge in [0.05, 0.1) is 21.8 Å². The molecule has 2 aromatic carbocycles. The number of thioether (sulfide) groups is 1. The van der Waals surface area contributed by atoms with Crippen molar-refractivity contribution in [1.29, 1.82) is 0 Å². The minimum atomic E-state index is -0.675. The van der Waals surface area contributed by atoms with Crippen molar-refractivity contribution in [1.82, 2.24) is 20.2 Å². The number of benzene rings is 2. The maximum Gasteiger partial charge on any atom is 0.321 e. The lowest BCUT2D eigenvalue weighted by molar-refractivity contribution is -0.119. The number of nitrogens with one attached hydrogen (secondary N) is 2. The van der Waals surface area contributed by atoms with Gasteiger partial charge in [-0.1, -0.05) is 41.6 Å². The normalized spacial score (nSPS) is 11.9. The number of aromatic nitrogens is 2. The summed E-state index contributed by atoms with van der Waals surface area (Å²) >= 11 is 7.37. The van der Waals surface area contributed by atoms with Crippen molar-refractivity contribution in [3.63, 3.8) is 0 Å². The standard InChI is InChI=1S/C21H21ClN4O3S/c1-4-23-20(29)25-18(27)13(3)30-21-24-16-10-6-5-8-14(16)19(28)26(21)17-11-7-9-15(22)12(17)2/h5-11,13H,4H2,1-3H3,(H2,23,25,27,29). The highest BCUT2D eigenvalue weighted by atomic mass is 35.5. The Morgan fingerprint density at radius 2 is 1.93 bits per heavy atom. The molecule has 1 aromatic heterocycles. The van der Waals surface area contributed by atoms with Crippen molar-refractivity contribution in [2.24, 2.45) is 0 Å². The first-order valence-corrected chi connectivity index (χ1v) is 10.6. The minimum absolute atomic E-state index is 0.259. The summed E-state index contributed by atoms with van der Waals surface area (Å²) in [7, 11) is 0. The van der Waals surface area contributed by atoms with Gasteiger partial charge < -0.3 is 5.32 Å². The fourth-order valence-electron chi connectivity index (χ4n) is 2.87. The van der Waals surface area contributed by atoms with Gasteiger partial charge in [0.25, 0.3) is 5.56 Å². The van der Waals surface area contributed by atoms with Crippen LogP contribution in [0, 0.1) is 6.92 Å². The van der Waals surface area contributed by atoms with Crippen molar-refractivity contribution in [3.05, 3.63) is 63.4 Å². The van der Waals surface area contributed by atoms with Gasteiger partial charge in [0.2, 0.25) is 5.91 Å². The monoisotopic (exact) mass is 444 g/mol. The molecule has 0 aliphatic carbocycles. The van der Waals surface area contributed by atoms with Gasteiger partial charge >= 0.3 is 6.03 Å². The number of halogens is 1. The zero-order chi connectivity index (χ0) is 21.8. The quantitative estimate of drug-likeness (QED) is 0.462. The Morgan fingerprint density at radius 3 is 2.67 bits per heavy atom. The van der Waals surface area contributed by atoms with Crippen LogP contribution in [-0.4, -0.2) is 33.3 Å². The van der Waals surface area contributed by atoms with Gasteiger partial charge in [-0.05, 0) is 50.6 Å². The van der Waals surface area contributed by atoms with E-state index in [0.717, 1.165) is 17.3 Å². The van der Waals surface area contributed by atoms with Crippen LogP contribution in [0.5, 0.6) is 0 Å². The number of amides is 3. The van der Waals surface area contributed by atoms with Crippen LogP contribution in [0.3, 0.4) is 0 Å². The maximum absolute atomic E-state index is 13.3. The maximum atomic E-state index is 13.3. The van der Waals surface area contributed by atoms with E-state index in [-0.39, 0.29) is 5.56 Å². The zero-order valence-electron chi connectivity index (χ0n) is 16.7. The molecule has 0 aliphatic rings. The predicted octanol–water partition coefficient (Wildman–Crippen LogP) is 3.67. The van der Waals surface area contributed by atoms with Crippen LogP contribution in [0.15, 0.2) is 52.4 Å². The molecule has 156 valence electrons. The highest BCUT2D eigenvalue weighted by Crippen LogP contribution is 2.28. The summed E-state index contributed by atoms with van der Waals surface area (Å²) < 4.78 is 1.46. The van der Waals surface area contributed by atoms with Crippen molar-refractivity contribution in [2.75, 3.05) is 6.54 Å². The topological polar surface area (TPSA) is 93.1 Å². The zero-order valence-corrected chi connectivity index (χ0v) is 18.3. The molecular weight excluding hydrogens is 424 g/mol. The summed E-state index contributed by atoms with van der Waals surface area (Å²) in [5.41, 5.74) is 1.58. The number of fused-ring (bicyclic) bond motifs is 1. The summed E-state index contributed by atoms with van der Waals surface area (Å²) in [4.78, 5) is 42.0. The molecule has 3 rings (SSSR count). The molecule has 1 atom stereocenters. The van der Waals surface area contributed by atoms with Gasteiger partial charge in [0.1, 0.15) is 0 Å². The molecule has 3 aromatic rings. The number of rotatable bonds is 5. The summed E-state index contributed by atoms with van der Waals surface area (Å²) in [6, 6.07) is 11.7. The lowest BCUT2D eigenvalue weighted by atomic mass is 10.2. The molecule has 0 saturated heterocycles. The molecule has 0 spiro atoms. The van der Waals surface area contributed by atoms with Crippen LogP contribution in [0.2, 0.25) is 5.02 Å². The molecule has 0 aliphatic heterocycles. The molecule has 9 heteroatoms. The number of imide groups is 1. The fraction of sp³-hybridized carbons (Fsp3) is 0.238. The summed E-state index contributed by atoms with van der Waals surface area (Å²) in [5.74, 6) is -0.484. The Labute approximate surface area is 182 Å². The average Bonchev–Trinajstić information content (AvgIpc) is 2.71. The van der Waals surface area contributed by atoms with Crippen LogP contribution < -0.4 is 16.2 Å². The average molecular weight is 445 g/mol. The Hall–Kier alpha value is -2.84. The molecule has 0 radical (unpaired) electrons.